The molecule has 1 atom stereocenters. The molecule has 2 fully saturated rings. The van der Waals surface area contributed by atoms with Gasteiger partial charge in [-0.25, -0.2) is 14.2 Å². The van der Waals surface area contributed by atoms with E-state index in [9.17, 15) is 22.4 Å². The van der Waals surface area contributed by atoms with Crippen LogP contribution in [0.1, 0.15) is 16.9 Å². The Hall–Kier alpha value is -2.83. The van der Waals surface area contributed by atoms with Crippen LogP contribution in [0.25, 0.3) is 0 Å². The number of hydrogen-bond donors (Lipinski definition) is 2. The number of amides is 1. The summed E-state index contributed by atoms with van der Waals surface area (Å²) < 4.78 is 51.0. The molecule has 30 heavy (non-hydrogen) atoms. The van der Waals surface area contributed by atoms with Crippen LogP contribution in [0.4, 0.5) is 17.6 Å². The maximum absolute atomic E-state index is 13.6. The fraction of sp³-hybridized carbons (Fsp3) is 0.412. The van der Waals surface area contributed by atoms with Crippen LogP contribution in [0.5, 0.6) is 5.88 Å². The predicted octanol–water partition coefficient (Wildman–Crippen LogP) is 2.36. The van der Waals surface area contributed by atoms with E-state index in [0.29, 0.717) is 18.8 Å². The molecular weight excluding hydrogens is 432 g/mol. The number of H-pyrrole nitrogens is 1. The number of carboxylic acid groups (broad SMARTS) is 1. The molecule has 2 saturated heterocycles. The molecule has 2 aliphatic rings. The monoisotopic (exact) mass is 448 g/mol. The highest BCUT2D eigenvalue weighted by Gasteiger charge is 2.51. The van der Waals surface area contributed by atoms with E-state index < -0.39 is 18.0 Å². The van der Waals surface area contributed by atoms with Gasteiger partial charge < -0.3 is 14.7 Å². The number of nitrogens with zero attached hydrogens (tertiary/aromatic N) is 3. The van der Waals surface area contributed by atoms with Crippen LogP contribution >= 0.6 is 11.8 Å². The number of pyridine rings is 1. The van der Waals surface area contributed by atoms with Crippen LogP contribution in [0.3, 0.4) is 0 Å². The Labute approximate surface area is 171 Å². The van der Waals surface area contributed by atoms with Gasteiger partial charge in [-0.15, -0.1) is 11.8 Å². The van der Waals surface area contributed by atoms with E-state index in [4.69, 9.17) is 14.6 Å². The van der Waals surface area contributed by atoms with Gasteiger partial charge in [-0.1, -0.05) is 0 Å². The Bertz CT molecular complexity index is 903. The summed E-state index contributed by atoms with van der Waals surface area (Å²) in [5.74, 6) is -2.40. The molecular formula is C17H16F4N4O4S. The average Bonchev–Trinajstić information content (AvgIpc) is 3.32. The summed E-state index contributed by atoms with van der Waals surface area (Å²) in [6.07, 6.45) is -1.28. The fourth-order valence-electron chi connectivity index (χ4n) is 3.05. The average molecular weight is 448 g/mol. The number of thioether (sulfide) groups is 1. The number of likely N-dealkylation sites (tertiary alicyclic amines) is 1. The Morgan fingerprint density at radius 2 is 2.00 bits per heavy atom. The summed E-state index contributed by atoms with van der Waals surface area (Å²) in [5, 5.41) is 13.6. The van der Waals surface area contributed by atoms with Crippen molar-refractivity contribution in [2.45, 2.75) is 23.4 Å². The van der Waals surface area contributed by atoms with Gasteiger partial charge >= 0.3 is 12.1 Å². The summed E-state index contributed by atoms with van der Waals surface area (Å²) in [4.78, 5) is 26.8. The summed E-state index contributed by atoms with van der Waals surface area (Å²) in [7, 11) is 0. The minimum atomic E-state index is -5.08. The quantitative estimate of drug-likeness (QED) is 0.694. The van der Waals surface area contributed by atoms with Crippen molar-refractivity contribution in [3.05, 3.63) is 42.1 Å². The van der Waals surface area contributed by atoms with Crippen molar-refractivity contribution in [2.24, 2.45) is 0 Å². The molecule has 0 saturated carbocycles. The predicted molar refractivity (Wildman–Crippen MR) is 96.6 cm³/mol. The van der Waals surface area contributed by atoms with E-state index in [1.54, 1.807) is 28.9 Å². The Morgan fingerprint density at radius 1 is 1.30 bits per heavy atom. The van der Waals surface area contributed by atoms with Crippen LogP contribution in [0.15, 0.2) is 30.6 Å². The number of ether oxygens (including phenoxy) is 1. The molecule has 162 valence electrons. The number of hydrogen-bond acceptors (Lipinski definition) is 6. The van der Waals surface area contributed by atoms with E-state index in [1.807, 2.05) is 0 Å². The third-order valence-corrected chi connectivity index (χ3v) is 5.97. The molecule has 2 aromatic heterocycles. The van der Waals surface area contributed by atoms with Crippen molar-refractivity contribution in [1.29, 1.82) is 0 Å². The third kappa shape index (κ3) is 5.01. The molecule has 1 unspecified atom stereocenters. The number of aromatic nitrogens is 3. The molecule has 8 nitrogen and oxygen atoms in total. The highest BCUT2D eigenvalue weighted by atomic mass is 32.2. The zero-order chi connectivity index (χ0) is 21.9. The normalized spacial score (nSPS) is 19.6. The van der Waals surface area contributed by atoms with Gasteiger partial charge in [0.05, 0.1) is 4.75 Å². The molecule has 0 aliphatic carbocycles. The second kappa shape index (κ2) is 8.50. The fourth-order valence-corrected chi connectivity index (χ4v) is 4.58. The lowest BCUT2D eigenvalue weighted by molar-refractivity contribution is -0.192. The first-order valence-corrected chi connectivity index (χ1v) is 9.58. The summed E-state index contributed by atoms with van der Waals surface area (Å²) in [5.41, 5.74) is 0.506. The van der Waals surface area contributed by atoms with Crippen LogP contribution in [-0.2, 0) is 4.79 Å². The van der Waals surface area contributed by atoms with Gasteiger partial charge in [-0.2, -0.15) is 18.3 Å². The van der Waals surface area contributed by atoms with Crippen molar-refractivity contribution in [2.75, 3.05) is 18.8 Å². The van der Waals surface area contributed by atoms with E-state index in [2.05, 4.69) is 15.2 Å². The second-order valence-electron chi connectivity index (χ2n) is 6.66. The van der Waals surface area contributed by atoms with E-state index in [0.717, 1.165) is 12.2 Å². The highest BCUT2D eigenvalue weighted by Crippen LogP contribution is 2.46. The van der Waals surface area contributed by atoms with Crippen molar-refractivity contribution in [3.63, 3.8) is 0 Å². The Kier molecular flexibility index (Phi) is 6.19. The van der Waals surface area contributed by atoms with Gasteiger partial charge in [0.2, 0.25) is 0 Å². The molecule has 13 heteroatoms. The summed E-state index contributed by atoms with van der Waals surface area (Å²) in [6.45, 7) is 1.36. The lowest BCUT2D eigenvalue weighted by atomic mass is 9.92. The van der Waals surface area contributed by atoms with E-state index in [-0.39, 0.29) is 22.6 Å². The number of aliphatic carboxylic acids is 1. The number of nitrogens with one attached hydrogen (secondary N) is 1. The Balaban J connectivity index is 0.000000318. The van der Waals surface area contributed by atoms with Crippen molar-refractivity contribution in [1.82, 2.24) is 20.1 Å². The number of carbonyl (C=O) groups excluding carboxylic acids is 1. The smallest absolute Gasteiger partial charge is 0.475 e. The van der Waals surface area contributed by atoms with Gasteiger partial charge in [0.25, 0.3) is 11.8 Å². The zero-order valence-corrected chi connectivity index (χ0v) is 16.0. The summed E-state index contributed by atoms with van der Waals surface area (Å²) in [6, 6.07) is 4.55. The number of carbonyl (C=O) groups is 2. The highest BCUT2D eigenvalue weighted by molar-refractivity contribution is 8.01. The van der Waals surface area contributed by atoms with Crippen LogP contribution in [0.2, 0.25) is 0 Å². The number of carboxylic acids is 1. The third-order valence-electron chi connectivity index (χ3n) is 4.40. The molecule has 1 spiro atoms. The summed E-state index contributed by atoms with van der Waals surface area (Å²) >= 11 is 1.79. The van der Waals surface area contributed by atoms with Crippen molar-refractivity contribution >= 4 is 23.6 Å². The van der Waals surface area contributed by atoms with Crippen LogP contribution in [0, 0.1) is 5.82 Å². The van der Waals surface area contributed by atoms with E-state index in [1.165, 1.54) is 18.3 Å². The van der Waals surface area contributed by atoms with Crippen molar-refractivity contribution in [3.8, 4) is 5.88 Å². The Morgan fingerprint density at radius 3 is 2.57 bits per heavy atom. The minimum Gasteiger partial charge on any atom is -0.475 e. The first-order valence-electron chi connectivity index (χ1n) is 8.59. The molecule has 0 radical (unpaired) electrons. The number of alkyl halides is 3. The molecule has 1 amide bonds. The minimum absolute atomic E-state index is 0.0194. The second-order valence-corrected chi connectivity index (χ2v) is 8.15. The van der Waals surface area contributed by atoms with Crippen molar-refractivity contribution < 1.29 is 37.0 Å². The largest absolute Gasteiger partial charge is 0.490 e. The lowest BCUT2D eigenvalue weighted by Crippen LogP contribution is -2.60. The molecule has 2 N–H and O–H groups in total. The first-order chi connectivity index (χ1) is 14.1. The standard InChI is InChI=1S/C15H15FN4O2S.C2HF3O2/c16-11-2-1-4-17-13(11)22-10-6-15(23-7-10)8-20(9-15)14(21)12-3-5-18-19-12;3-2(4,5)1(6)7/h1-5,10H,6-9H2,(H,18,19);(H,6,7). The lowest BCUT2D eigenvalue weighted by Gasteiger charge is -2.47. The van der Waals surface area contributed by atoms with Crippen LogP contribution < -0.4 is 4.74 Å². The molecule has 2 aliphatic heterocycles. The van der Waals surface area contributed by atoms with E-state index >= 15 is 0 Å². The number of rotatable bonds is 3. The molecule has 0 bridgehead atoms. The van der Waals surface area contributed by atoms with Gasteiger partial charge in [0, 0.05) is 37.7 Å². The SMILES string of the molecule is O=C(O)C(F)(F)F.O=C(c1ccn[nH]1)N1CC2(CC(Oc3ncccc3F)CS2)C1. The molecule has 2 aromatic rings. The zero-order valence-electron chi connectivity index (χ0n) is 15.2. The first kappa shape index (κ1) is 21.9. The molecule has 4 heterocycles. The molecule has 4 rings (SSSR count). The number of aromatic amines is 1. The molecule has 0 aromatic carbocycles. The topological polar surface area (TPSA) is 108 Å². The number of halogens is 4. The van der Waals surface area contributed by atoms with Gasteiger partial charge in [0.15, 0.2) is 5.82 Å². The van der Waals surface area contributed by atoms with Gasteiger partial charge in [0.1, 0.15) is 11.8 Å². The van der Waals surface area contributed by atoms with Crippen LogP contribution in [-0.4, -0.2) is 72.9 Å². The van der Waals surface area contributed by atoms with Gasteiger partial charge in [-0.05, 0) is 18.2 Å². The van der Waals surface area contributed by atoms with Gasteiger partial charge in [-0.3, -0.25) is 9.89 Å². The maximum Gasteiger partial charge on any atom is 0.490 e. The maximum atomic E-state index is 13.6.